The van der Waals surface area contributed by atoms with Crippen molar-refractivity contribution in [1.29, 1.82) is 0 Å². The molecule has 1 aromatic carbocycles. The Kier molecular flexibility index (Phi) is 5.88. The zero-order valence-corrected chi connectivity index (χ0v) is 17.6. The van der Waals surface area contributed by atoms with Gasteiger partial charge in [0.2, 0.25) is 0 Å². The highest BCUT2D eigenvalue weighted by molar-refractivity contribution is 9.10. The minimum atomic E-state index is 0.0438. The van der Waals surface area contributed by atoms with Crippen molar-refractivity contribution in [3.05, 3.63) is 51.8 Å². The highest BCUT2D eigenvalue weighted by Gasteiger charge is 2.24. The zero-order valence-electron chi connectivity index (χ0n) is 16.1. The van der Waals surface area contributed by atoms with Crippen LogP contribution in [-0.2, 0) is 0 Å². The van der Waals surface area contributed by atoms with Gasteiger partial charge >= 0.3 is 0 Å². The summed E-state index contributed by atoms with van der Waals surface area (Å²) in [6.07, 6.45) is 2.04. The largest absolute Gasteiger partial charge is 0.349 e. The summed E-state index contributed by atoms with van der Waals surface area (Å²) in [5.41, 5.74) is 3.89. The number of hydrogen-bond donors (Lipinski definition) is 1. The van der Waals surface area contributed by atoms with Gasteiger partial charge in [0, 0.05) is 46.7 Å². The van der Waals surface area contributed by atoms with Gasteiger partial charge in [0.1, 0.15) is 0 Å². The van der Waals surface area contributed by atoms with Crippen molar-refractivity contribution in [2.24, 2.45) is 0 Å². The van der Waals surface area contributed by atoms with Crippen LogP contribution in [0.4, 0.5) is 0 Å². The Labute approximate surface area is 164 Å². The molecular weight excluding hydrogens is 390 g/mol. The van der Waals surface area contributed by atoms with E-state index in [0.29, 0.717) is 6.04 Å². The Balaban J connectivity index is 1.74. The zero-order chi connectivity index (χ0) is 18.8. The van der Waals surface area contributed by atoms with E-state index >= 15 is 0 Å². The first-order chi connectivity index (χ1) is 12.4. The first-order valence-corrected chi connectivity index (χ1v) is 10.2. The highest BCUT2D eigenvalue weighted by Crippen LogP contribution is 2.23. The van der Waals surface area contributed by atoms with Gasteiger partial charge in [-0.2, -0.15) is 0 Å². The lowest BCUT2D eigenvalue weighted by Gasteiger charge is -2.34. The van der Waals surface area contributed by atoms with E-state index in [2.05, 4.69) is 56.7 Å². The molecule has 0 spiro atoms. The standard InChI is InChI=1S/C21H28BrN3O/c1-14(2)24-10-8-18(9-11-24)23-21(26)20-12-15(3)25(16(20)4)19-7-5-6-17(22)13-19/h5-7,12-14,18H,8-11H2,1-4H3,(H,23,26). The van der Waals surface area contributed by atoms with E-state index in [9.17, 15) is 4.79 Å². The molecule has 4 nitrogen and oxygen atoms in total. The number of amides is 1. The third kappa shape index (κ3) is 4.04. The van der Waals surface area contributed by atoms with E-state index < -0.39 is 0 Å². The lowest BCUT2D eigenvalue weighted by atomic mass is 10.0. The second kappa shape index (κ2) is 7.97. The third-order valence-corrected chi connectivity index (χ3v) is 5.83. The van der Waals surface area contributed by atoms with Gasteiger partial charge < -0.3 is 14.8 Å². The molecule has 2 heterocycles. The van der Waals surface area contributed by atoms with Crippen molar-refractivity contribution in [1.82, 2.24) is 14.8 Å². The molecule has 0 aliphatic carbocycles. The summed E-state index contributed by atoms with van der Waals surface area (Å²) in [6, 6.07) is 11.0. The minimum absolute atomic E-state index is 0.0438. The Hall–Kier alpha value is -1.59. The number of carbonyl (C=O) groups excluding carboxylic acids is 1. The fourth-order valence-corrected chi connectivity index (χ4v) is 4.22. The average molecular weight is 418 g/mol. The lowest BCUT2D eigenvalue weighted by Crippen LogP contribution is -2.46. The Morgan fingerprint density at radius 2 is 1.88 bits per heavy atom. The number of nitrogens with one attached hydrogen (secondary N) is 1. The lowest BCUT2D eigenvalue weighted by molar-refractivity contribution is 0.0900. The number of likely N-dealkylation sites (tertiary alicyclic amines) is 1. The SMILES string of the molecule is Cc1cc(C(=O)NC2CCN(C(C)C)CC2)c(C)n1-c1cccc(Br)c1. The smallest absolute Gasteiger partial charge is 0.253 e. The van der Waals surface area contributed by atoms with Crippen LogP contribution in [0.15, 0.2) is 34.8 Å². The van der Waals surface area contributed by atoms with Crippen molar-refractivity contribution in [3.63, 3.8) is 0 Å². The van der Waals surface area contributed by atoms with Crippen molar-refractivity contribution >= 4 is 21.8 Å². The van der Waals surface area contributed by atoms with Crippen LogP contribution in [0.1, 0.15) is 48.4 Å². The van der Waals surface area contributed by atoms with Crippen molar-refractivity contribution in [2.45, 2.75) is 52.6 Å². The topological polar surface area (TPSA) is 37.3 Å². The van der Waals surface area contributed by atoms with Gasteiger partial charge in [0.05, 0.1) is 5.56 Å². The number of rotatable bonds is 4. The molecule has 1 saturated heterocycles. The average Bonchev–Trinajstić information content (AvgIpc) is 2.90. The molecule has 0 radical (unpaired) electrons. The van der Waals surface area contributed by atoms with Crippen LogP contribution in [0.3, 0.4) is 0 Å². The highest BCUT2D eigenvalue weighted by atomic mass is 79.9. The van der Waals surface area contributed by atoms with Crippen molar-refractivity contribution in [2.75, 3.05) is 13.1 Å². The fourth-order valence-electron chi connectivity index (χ4n) is 3.83. The van der Waals surface area contributed by atoms with Crippen molar-refractivity contribution < 1.29 is 4.79 Å². The number of aromatic nitrogens is 1. The molecule has 1 fully saturated rings. The summed E-state index contributed by atoms with van der Waals surface area (Å²) < 4.78 is 3.17. The molecule has 0 bridgehead atoms. The summed E-state index contributed by atoms with van der Waals surface area (Å²) in [7, 11) is 0. The number of aryl methyl sites for hydroxylation is 1. The number of nitrogens with zero attached hydrogens (tertiary/aromatic N) is 2. The van der Waals surface area contributed by atoms with E-state index in [1.807, 2.05) is 32.0 Å². The van der Waals surface area contributed by atoms with Crippen molar-refractivity contribution in [3.8, 4) is 5.69 Å². The summed E-state index contributed by atoms with van der Waals surface area (Å²) in [5, 5.41) is 3.25. The van der Waals surface area contributed by atoms with Gasteiger partial charge in [-0.25, -0.2) is 0 Å². The number of carbonyl (C=O) groups is 1. The molecule has 3 rings (SSSR count). The molecule has 1 amide bonds. The quantitative estimate of drug-likeness (QED) is 0.796. The molecule has 1 aliphatic heterocycles. The van der Waals surface area contributed by atoms with E-state index in [0.717, 1.165) is 53.0 Å². The number of benzene rings is 1. The first kappa shape index (κ1) is 19.2. The molecule has 1 N–H and O–H groups in total. The number of hydrogen-bond acceptors (Lipinski definition) is 2. The Morgan fingerprint density at radius 3 is 2.50 bits per heavy atom. The summed E-state index contributed by atoms with van der Waals surface area (Å²) in [5.74, 6) is 0.0438. The predicted octanol–water partition coefficient (Wildman–Crippen LogP) is 4.46. The number of halogens is 1. The maximum absolute atomic E-state index is 12.9. The summed E-state index contributed by atoms with van der Waals surface area (Å²) >= 11 is 3.53. The molecule has 0 saturated carbocycles. The van der Waals surface area contributed by atoms with Gasteiger partial charge in [0.15, 0.2) is 0 Å². The molecule has 5 heteroatoms. The predicted molar refractivity (Wildman–Crippen MR) is 110 cm³/mol. The van der Waals surface area contributed by atoms with Crippen LogP contribution in [0.2, 0.25) is 0 Å². The second-order valence-corrected chi connectivity index (χ2v) is 8.39. The molecule has 1 aliphatic rings. The summed E-state index contributed by atoms with van der Waals surface area (Å²) in [4.78, 5) is 15.3. The molecular formula is C21H28BrN3O. The molecule has 0 unspecified atom stereocenters. The van der Waals surface area contributed by atoms with Gasteiger partial charge in [0.25, 0.3) is 5.91 Å². The molecule has 140 valence electrons. The van der Waals surface area contributed by atoms with Crippen LogP contribution in [-0.4, -0.2) is 40.5 Å². The van der Waals surface area contributed by atoms with Crippen LogP contribution >= 0.6 is 15.9 Å². The van der Waals surface area contributed by atoms with E-state index in [4.69, 9.17) is 0 Å². The minimum Gasteiger partial charge on any atom is -0.349 e. The van der Waals surface area contributed by atoms with E-state index in [-0.39, 0.29) is 11.9 Å². The van der Waals surface area contributed by atoms with Gasteiger partial charge in [-0.3, -0.25) is 4.79 Å². The second-order valence-electron chi connectivity index (χ2n) is 7.48. The molecule has 26 heavy (non-hydrogen) atoms. The van der Waals surface area contributed by atoms with E-state index in [1.54, 1.807) is 0 Å². The monoisotopic (exact) mass is 417 g/mol. The normalized spacial score (nSPS) is 16.2. The Bertz CT molecular complexity index is 789. The molecule has 2 aromatic rings. The van der Waals surface area contributed by atoms with Crippen LogP contribution in [0.5, 0.6) is 0 Å². The third-order valence-electron chi connectivity index (χ3n) is 5.34. The number of piperidine rings is 1. The molecule has 1 aromatic heterocycles. The van der Waals surface area contributed by atoms with E-state index in [1.165, 1.54) is 0 Å². The van der Waals surface area contributed by atoms with Gasteiger partial charge in [-0.1, -0.05) is 22.0 Å². The Morgan fingerprint density at radius 1 is 1.19 bits per heavy atom. The maximum atomic E-state index is 12.9. The summed E-state index contributed by atoms with van der Waals surface area (Å²) in [6.45, 7) is 10.6. The first-order valence-electron chi connectivity index (χ1n) is 9.36. The van der Waals surface area contributed by atoms with Gasteiger partial charge in [-0.05, 0) is 64.8 Å². The van der Waals surface area contributed by atoms with Crippen LogP contribution in [0.25, 0.3) is 5.69 Å². The maximum Gasteiger partial charge on any atom is 0.253 e. The van der Waals surface area contributed by atoms with Crippen LogP contribution in [0, 0.1) is 13.8 Å². The fraction of sp³-hybridized carbons (Fsp3) is 0.476. The van der Waals surface area contributed by atoms with Gasteiger partial charge in [-0.15, -0.1) is 0 Å². The van der Waals surface area contributed by atoms with Crippen LogP contribution < -0.4 is 5.32 Å². The molecule has 0 atom stereocenters.